The summed E-state index contributed by atoms with van der Waals surface area (Å²) in [4.78, 5) is 11.9. The molecule has 0 aromatic rings. The van der Waals surface area contributed by atoms with E-state index in [9.17, 15) is 15.0 Å². The normalized spacial score (nSPS) is 40.1. The molecule has 0 unspecified atom stereocenters. The molecule has 2 saturated carbocycles. The summed E-state index contributed by atoms with van der Waals surface area (Å²) < 4.78 is 0. The predicted octanol–water partition coefficient (Wildman–Crippen LogP) is 4.57. The van der Waals surface area contributed by atoms with Crippen LogP contribution in [-0.4, -0.2) is 21.8 Å². The monoisotopic (exact) mass is 320 g/mol. The number of carbonyl (C=O) groups is 1. The summed E-state index contributed by atoms with van der Waals surface area (Å²) in [5.74, 6) is -0.185. The van der Waals surface area contributed by atoms with Crippen LogP contribution in [0.3, 0.4) is 0 Å². The molecular formula is C20H32O3. The minimum Gasteiger partial charge on any atom is -0.481 e. The van der Waals surface area contributed by atoms with Crippen LogP contribution in [0, 0.1) is 22.7 Å². The van der Waals surface area contributed by atoms with Gasteiger partial charge in [-0.2, -0.15) is 0 Å². The van der Waals surface area contributed by atoms with Crippen molar-refractivity contribution in [2.24, 2.45) is 22.7 Å². The Morgan fingerprint density at radius 2 is 2.09 bits per heavy atom. The van der Waals surface area contributed by atoms with Gasteiger partial charge in [0.2, 0.25) is 0 Å². The first-order valence-electron chi connectivity index (χ1n) is 8.84. The largest absolute Gasteiger partial charge is 0.481 e. The van der Waals surface area contributed by atoms with E-state index >= 15 is 0 Å². The van der Waals surface area contributed by atoms with Gasteiger partial charge in [0.05, 0.1) is 11.0 Å². The summed E-state index contributed by atoms with van der Waals surface area (Å²) in [5, 5.41) is 20.1. The Morgan fingerprint density at radius 1 is 1.43 bits per heavy atom. The van der Waals surface area contributed by atoms with Crippen molar-refractivity contribution in [2.75, 3.05) is 0 Å². The maximum Gasteiger partial charge on any atom is 0.309 e. The van der Waals surface area contributed by atoms with Crippen LogP contribution in [0.2, 0.25) is 0 Å². The summed E-state index contributed by atoms with van der Waals surface area (Å²) in [6.07, 6.45) is 7.70. The highest BCUT2D eigenvalue weighted by atomic mass is 16.4. The van der Waals surface area contributed by atoms with Crippen LogP contribution in [0.25, 0.3) is 0 Å². The molecule has 3 heteroatoms. The Hall–Kier alpha value is -1.09. The quantitative estimate of drug-likeness (QED) is 0.730. The molecule has 2 N–H and O–H groups in total. The van der Waals surface area contributed by atoms with Gasteiger partial charge >= 0.3 is 5.97 Å². The number of hydrogen-bond acceptors (Lipinski definition) is 2. The van der Waals surface area contributed by atoms with Gasteiger partial charge in [-0.15, -0.1) is 6.58 Å². The van der Waals surface area contributed by atoms with Crippen LogP contribution < -0.4 is 0 Å². The van der Waals surface area contributed by atoms with Crippen LogP contribution >= 0.6 is 0 Å². The number of hydrogen-bond donors (Lipinski definition) is 2. The number of rotatable bonds is 5. The number of fused-ring (bicyclic) bond motifs is 1. The summed E-state index contributed by atoms with van der Waals surface area (Å²) in [7, 11) is 0. The molecule has 23 heavy (non-hydrogen) atoms. The Balaban J connectivity index is 2.29. The molecule has 0 radical (unpaired) electrons. The molecule has 0 amide bonds. The fraction of sp³-hybridized carbons (Fsp3) is 0.750. The average Bonchev–Trinajstić information content (AvgIpc) is 2.46. The smallest absolute Gasteiger partial charge is 0.309 e. The molecule has 0 aromatic carbocycles. The van der Waals surface area contributed by atoms with Gasteiger partial charge in [-0.1, -0.05) is 31.6 Å². The van der Waals surface area contributed by atoms with Crippen LogP contribution in [0.4, 0.5) is 0 Å². The highest BCUT2D eigenvalue weighted by Crippen LogP contribution is 2.62. The summed E-state index contributed by atoms with van der Waals surface area (Å²) >= 11 is 0. The molecule has 2 fully saturated rings. The van der Waals surface area contributed by atoms with E-state index in [1.54, 1.807) is 13.0 Å². The number of carboxylic acid groups (broad SMARTS) is 1. The second-order valence-electron chi connectivity index (χ2n) is 8.48. The maximum absolute atomic E-state index is 11.9. The SMILES string of the molecule is C=C[C@](C)(O)CC[C@H]1C(=C)CC[C@@H]2[C@]1(C)CCC[C@]2(C)C(=O)O. The van der Waals surface area contributed by atoms with E-state index in [2.05, 4.69) is 20.1 Å². The van der Waals surface area contributed by atoms with Crippen molar-refractivity contribution in [3.05, 3.63) is 24.8 Å². The Morgan fingerprint density at radius 3 is 2.65 bits per heavy atom. The van der Waals surface area contributed by atoms with Crippen molar-refractivity contribution in [3.8, 4) is 0 Å². The lowest BCUT2D eigenvalue weighted by Gasteiger charge is -2.57. The minimum atomic E-state index is -0.867. The average molecular weight is 320 g/mol. The van der Waals surface area contributed by atoms with E-state index in [1.165, 1.54) is 5.57 Å². The molecule has 0 aromatic heterocycles. The van der Waals surface area contributed by atoms with Crippen LogP contribution in [0.1, 0.15) is 65.7 Å². The number of carboxylic acids is 1. The molecule has 2 aliphatic rings. The van der Waals surface area contributed by atoms with Gasteiger partial charge in [0.25, 0.3) is 0 Å². The van der Waals surface area contributed by atoms with Gasteiger partial charge in [-0.3, -0.25) is 4.79 Å². The number of aliphatic hydroxyl groups is 1. The van der Waals surface area contributed by atoms with E-state index in [1.807, 2.05) is 6.92 Å². The minimum absolute atomic E-state index is 0.0298. The first kappa shape index (κ1) is 18.3. The molecule has 2 aliphatic carbocycles. The molecule has 2 rings (SSSR count). The van der Waals surface area contributed by atoms with Crippen LogP contribution in [-0.2, 0) is 4.79 Å². The molecule has 130 valence electrons. The maximum atomic E-state index is 11.9. The zero-order valence-corrected chi connectivity index (χ0v) is 14.9. The molecule has 0 bridgehead atoms. The molecule has 0 aliphatic heterocycles. The van der Waals surface area contributed by atoms with Gasteiger partial charge in [-0.05, 0) is 69.6 Å². The lowest BCUT2D eigenvalue weighted by atomic mass is 9.46. The van der Waals surface area contributed by atoms with E-state index in [4.69, 9.17) is 0 Å². The zero-order chi connectivity index (χ0) is 17.5. The van der Waals surface area contributed by atoms with Crippen molar-refractivity contribution in [1.82, 2.24) is 0 Å². The topological polar surface area (TPSA) is 57.5 Å². The highest BCUT2D eigenvalue weighted by Gasteiger charge is 2.57. The predicted molar refractivity (Wildman–Crippen MR) is 93.1 cm³/mol. The molecule has 0 saturated heterocycles. The van der Waals surface area contributed by atoms with Crippen molar-refractivity contribution in [2.45, 2.75) is 71.3 Å². The van der Waals surface area contributed by atoms with E-state index in [-0.39, 0.29) is 17.3 Å². The molecule has 0 spiro atoms. The fourth-order valence-corrected chi connectivity index (χ4v) is 5.28. The Bertz CT molecular complexity index is 507. The Labute approximate surface area is 140 Å². The van der Waals surface area contributed by atoms with E-state index < -0.39 is 17.0 Å². The number of allylic oxidation sites excluding steroid dienone is 1. The van der Waals surface area contributed by atoms with Gasteiger partial charge in [0.1, 0.15) is 0 Å². The van der Waals surface area contributed by atoms with Gasteiger partial charge < -0.3 is 10.2 Å². The van der Waals surface area contributed by atoms with Crippen LogP contribution in [0.15, 0.2) is 24.8 Å². The van der Waals surface area contributed by atoms with Crippen molar-refractivity contribution >= 4 is 5.97 Å². The van der Waals surface area contributed by atoms with Crippen molar-refractivity contribution < 1.29 is 15.0 Å². The second-order valence-corrected chi connectivity index (χ2v) is 8.48. The molecule has 3 nitrogen and oxygen atoms in total. The van der Waals surface area contributed by atoms with Crippen molar-refractivity contribution in [3.63, 3.8) is 0 Å². The lowest BCUT2D eigenvalue weighted by molar-refractivity contribution is -0.164. The summed E-state index contributed by atoms with van der Waals surface area (Å²) in [5.41, 5.74) is -0.294. The summed E-state index contributed by atoms with van der Waals surface area (Å²) in [6.45, 7) is 14.0. The van der Waals surface area contributed by atoms with Crippen LogP contribution in [0.5, 0.6) is 0 Å². The van der Waals surface area contributed by atoms with Gasteiger partial charge in [0.15, 0.2) is 0 Å². The standard InChI is InChI=1S/C20H32O3/c1-6-18(3,23)13-10-15-14(2)8-9-16-19(15,4)11-7-12-20(16,5)17(21)22/h6,15-16,23H,1-2,7-13H2,3-5H3,(H,21,22)/t15-,16+,18-,19+,20-/m0/s1. The van der Waals surface area contributed by atoms with Crippen molar-refractivity contribution in [1.29, 1.82) is 0 Å². The zero-order valence-electron chi connectivity index (χ0n) is 14.9. The third-order valence-electron chi connectivity index (χ3n) is 6.89. The molecule has 5 atom stereocenters. The fourth-order valence-electron chi connectivity index (χ4n) is 5.28. The van der Waals surface area contributed by atoms with E-state index in [0.29, 0.717) is 6.42 Å². The molecule has 0 heterocycles. The van der Waals surface area contributed by atoms with E-state index in [0.717, 1.165) is 38.5 Å². The summed E-state index contributed by atoms with van der Waals surface area (Å²) in [6, 6.07) is 0. The van der Waals surface area contributed by atoms with Gasteiger partial charge in [0, 0.05) is 0 Å². The third-order valence-corrected chi connectivity index (χ3v) is 6.89. The highest BCUT2D eigenvalue weighted by molar-refractivity contribution is 5.75. The first-order valence-corrected chi connectivity index (χ1v) is 8.84. The van der Waals surface area contributed by atoms with Gasteiger partial charge in [-0.25, -0.2) is 0 Å². The first-order chi connectivity index (χ1) is 10.6. The second kappa shape index (κ2) is 6.08. The lowest BCUT2D eigenvalue weighted by Crippen LogP contribution is -2.53. The third kappa shape index (κ3) is 3.13. The number of aliphatic carboxylic acids is 1. The Kier molecular flexibility index (Phi) is 4.83. The molecular weight excluding hydrogens is 288 g/mol.